The van der Waals surface area contributed by atoms with E-state index in [1.807, 2.05) is 6.07 Å². The molecule has 0 bridgehead atoms. The molecule has 104 valence electrons. The van der Waals surface area contributed by atoms with Gasteiger partial charge in [0.2, 0.25) is 5.91 Å². The summed E-state index contributed by atoms with van der Waals surface area (Å²) in [7, 11) is 4.81. The maximum atomic E-state index is 11.2. The molecule has 5 nitrogen and oxygen atoms in total. The van der Waals surface area contributed by atoms with Crippen LogP contribution in [0, 0.1) is 0 Å². The molecular weight excluding hydrogens is 246 g/mol. The van der Waals surface area contributed by atoms with Crippen LogP contribution in [0.15, 0.2) is 6.07 Å². The summed E-state index contributed by atoms with van der Waals surface area (Å²) in [6, 6.07) is 1.82. The molecule has 2 rings (SSSR count). The van der Waals surface area contributed by atoms with Crippen LogP contribution in [-0.4, -0.2) is 27.2 Å². The van der Waals surface area contributed by atoms with Crippen molar-refractivity contribution in [3.05, 3.63) is 17.2 Å². The number of primary amides is 1. The predicted octanol–water partition coefficient (Wildman–Crippen LogP) is 1.62. The molecule has 1 aliphatic rings. The van der Waals surface area contributed by atoms with E-state index in [1.165, 1.54) is 0 Å². The first kappa shape index (κ1) is 13.5. The molecule has 1 aromatic rings. The Labute approximate surface area is 112 Å². The first-order chi connectivity index (χ1) is 9.12. The number of benzene rings is 1. The highest BCUT2D eigenvalue weighted by Gasteiger charge is 2.32. The maximum Gasteiger partial charge on any atom is 0.218 e. The number of ether oxygens (including phenoxy) is 3. The molecular formula is C14H19NO4. The number of amides is 1. The first-order valence-corrected chi connectivity index (χ1v) is 6.22. The van der Waals surface area contributed by atoms with E-state index in [0.717, 1.165) is 29.7 Å². The lowest BCUT2D eigenvalue weighted by atomic mass is 9.96. The van der Waals surface area contributed by atoms with E-state index >= 15 is 0 Å². The van der Waals surface area contributed by atoms with Crippen LogP contribution in [0.2, 0.25) is 0 Å². The fourth-order valence-corrected chi connectivity index (χ4v) is 2.82. The molecule has 19 heavy (non-hydrogen) atoms. The molecule has 2 N–H and O–H groups in total. The average Bonchev–Trinajstić information content (AvgIpc) is 2.80. The molecule has 1 atom stereocenters. The Bertz CT molecular complexity index is 499. The molecule has 1 aromatic carbocycles. The minimum atomic E-state index is -0.304. The molecule has 0 heterocycles. The molecule has 0 spiro atoms. The molecule has 5 heteroatoms. The fourth-order valence-electron chi connectivity index (χ4n) is 2.82. The van der Waals surface area contributed by atoms with Crippen molar-refractivity contribution in [3.63, 3.8) is 0 Å². The number of carbonyl (C=O) groups is 1. The number of hydrogen-bond donors (Lipinski definition) is 1. The van der Waals surface area contributed by atoms with Crippen molar-refractivity contribution < 1.29 is 19.0 Å². The Morgan fingerprint density at radius 2 is 1.95 bits per heavy atom. The standard InChI is InChI=1S/C14H19NO4/c1-17-10-7-11(18-2)14(19-3)13-8(6-12(15)16)4-5-9(10)13/h7-8H,4-6H2,1-3H3,(H2,15,16). The van der Waals surface area contributed by atoms with E-state index < -0.39 is 0 Å². The zero-order valence-electron chi connectivity index (χ0n) is 11.5. The van der Waals surface area contributed by atoms with E-state index in [4.69, 9.17) is 19.9 Å². The molecule has 0 fully saturated rings. The second-order valence-electron chi connectivity index (χ2n) is 4.61. The Kier molecular flexibility index (Phi) is 3.83. The predicted molar refractivity (Wildman–Crippen MR) is 71.0 cm³/mol. The number of rotatable bonds is 5. The van der Waals surface area contributed by atoms with Crippen molar-refractivity contribution in [1.82, 2.24) is 0 Å². The summed E-state index contributed by atoms with van der Waals surface area (Å²) in [5, 5.41) is 0. The number of methoxy groups -OCH3 is 3. The molecule has 0 aliphatic heterocycles. The highest BCUT2D eigenvalue weighted by atomic mass is 16.5. The van der Waals surface area contributed by atoms with Crippen molar-refractivity contribution in [2.24, 2.45) is 5.73 Å². The SMILES string of the molecule is COc1cc(OC)c(OC)c2c1CCC2CC(N)=O. The number of carbonyl (C=O) groups excluding carboxylic acids is 1. The quantitative estimate of drug-likeness (QED) is 0.878. The molecule has 0 radical (unpaired) electrons. The van der Waals surface area contributed by atoms with Gasteiger partial charge >= 0.3 is 0 Å². The lowest BCUT2D eigenvalue weighted by Gasteiger charge is -2.18. The van der Waals surface area contributed by atoms with Gasteiger partial charge in [0.25, 0.3) is 0 Å². The van der Waals surface area contributed by atoms with Crippen LogP contribution in [0.3, 0.4) is 0 Å². The minimum Gasteiger partial charge on any atom is -0.496 e. The van der Waals surface area contributed by atoms with Crippen molar-refractivity contribution in [2.45, 2.75) is 25.2 Å². The fraction of sp³-hybridized carbons (Fsp3) is 0.500. The van der Waals surface area contributed by atoms with Crippen molar-refractivity contribution in [3.8, 4) is 17.2 Å². The van der Waals surface area contributed by atoms with Gasteiger partial charge in [-0.1, -0.05) is 0 Å². The third-order valence-corrected chi connectivity index (χ3v) is 3.60. The van der Waals surface area contributed by atoms with E-state index in [-0.39, 0.29) is 11.8 Å². The lowest BCUT2D eigenvalue weighted by molar-refractivity contribution is -0.118. The van der Waals surface area contributed by atoms with E-state index in [0.29, 0.717) is 17.9 Å². The van der Waals surface area contributed by atoms with Crippen LogP contribution in [0.25, 0.3) is 0 Å². The Morgan fingerprint density at radius 1 is 1.26 bits per heavy atom. The number of hydrogen-bond acceptors (Lipinski definition) is 4. The Morgan fingerprint density at radius 3 is 2.47 bits per heavy atom. The van der Waals surface area contributed by atoms with Crippen LogP contribution in [0.5, 0.6) is 17.2 Å². The largest absolute Gasteiger partial charge is 0.496 e. The molecule has 1 amide bonds. The Balaban J connectivity index is 2.56. The van der Waals surface area contributed by atoms with E-state index in [2.05, 4.69) is 0 Å². The van der Waals surface area contributed by atoms with Gasteiger partial charge in [-0.3, -0.25) is 4.79 Å². The average molecular weight is 265 g/mol. The topological polar surface area (TPSA) is 70.8 Å². The van der Waals surface area contributed by atoms with Gasteiger partial charge in [0.05, 0.1) is 21.3 Å². The highest BCUT2D eigenvalue weighted by Crippen LogP contribution is 2.49. The van der Waals surface area contributed by atoms with Crippen LogP contribution >= 0.6 is 0 Å². The first-order valence-electron chi connectivity index (χ1n) is 6.22. The monoisotopic (exact) mass is 265 g/mol. The summed E-state index contributed by atoms with van der Waals surface area (Å²) >= 11 is 0. The zero-order valence-corrected chi connectivity index (χ0v) is 11.5. The van der Waals surface area contributed by atoms with Crippen LogP contribution in [0.4, 0.5) is 0 Å². The molecule has 1 aliphatic carbocycles. The Hall–Kier alpha value is -1.91. The lowest BCUT2D eigenvalue weighted by Crippen LogP contribution is -2.14. The normalized spacial score (nSPS) is 16.9. The summed E-state index contributed by atoms with van der Waals surface area (Å²) in [5.41, 5.74) is 7.41. The van der Waals surface area contributed by atoms with E-state index in [9.17, 15) is 4.79 Å². The van der Waals surface area contributed by atoms with Crippen molar-refractivity contribution >= 4 is 5.91 Å². The second kappa shape index (κ2) is 5.38. The van der Waals surface area contributed by atoms with Gasteiger partial charge in [0.15, 0.2) is 11.5 Å². The maximum absolute atomic E-state index is 11.2. The van der Waals surface area contributed by atoms with Gasteiger partial charge in [-0.2, -0.15) is 0 Å². The third-order valence-electron chi connectivity index (χ3n) is 3.60. The van der Waals surface area contributed by atoms with Gasteiger partial charge < -0.3 is 19.9 Å². The van der Waals surface area contributed by atoms with Crippen LogP contribution < -0.4 is 19.9 Å². The number of nitrogens with two attached hydrogens (primary N) is 1. The van der Waals surface area contributed by atoms with Gasteiger partial charge in [0.1, 0.15) is 5.75 Å². The van der Waals surface area contributed by atoms with Crippen LogP contribution in [-0.2, 0) is 11.2 Å². The summed E-state index contributed by atoms with van der Waals surface area (Å²) in [6.45, 7) is 0. The molecule has 1 unspecified atom stereocenters. The van der Waals surface area contributed by atoms with Gasteiger partial charge in [-0.25, -0.2) is 0 Å². The number of fused-ring (bicyclic) bond motifs is 1. The van der Waals surface area contributed by atoms with Crippen LogP contribution in [0.1, 0.15) is 29.9 Å². The summed E-state index contributed by atoms with van der Waals surface area (Å²) < 4.78 is 16.2. The smallest absolute Gasteiger partial charge is 0.218 e. The van der Waals surface area contributed by atoms with E-state index in [1.54, 1.807) is 21.3 Å². The highest BCUT2D eigenvalue weighted by molar-refractivity contribution is 5.76. The molecule has 0 aromatic heterocycles. The zero-order chi connectivity index (χ0) is 14.0. The second-order valence-corrected chi connectivity index (χ2v) is 4.61. The van der Waals surface area contributed by atoms with Gasteiger partial charge in [-0.05, 0) is 18.8 Å². The summed E-state index contributed by atoms with van der Waals surface area (Å²) in [5.74, 6) is 1.85. The summed E-state index contributed by atoms with van der Waals surface area (Å²) in [6.07, 6.45) is 2.05. The van der Waals surface area contributed by atoms with Gasteiger partial charge in [0, 0.05) is 23.6 Å². The third kappa shape index (κ3) is 2.32. The molecule has 0 saturated heterocycles. The minimum absolute atomic E-state index is 0.0754. The van der Waals surface area contributed by atoms with Gasteiger partial charge in [-0.15, -0.1) is 0 Å². The molecule has 0 saturated carbocycles. The summed E-state index contributed by atoms with van der Waals surface area (Å²) in [4.78, 5) is 11.2. The van der Waals surface area contributed by atoms with Crippen molar-refractivity contribution in [2.75, 3.05) is 21.3 Å². The van der Waals surface area contributed by atoms with Crippen molar-refractivity contribution in [1.29, 1.82) is 0 Å².